The highest BCUT2D eigenvalue weighted by atomic mass is 79.9. The van der Waals surface area contributed by atoms with E-state index in [-0.39, 0.29) is 11.5 Å². The van der Waals surface area contributed by atoms with Crippen molar-refractivity contribution in [3.8, 4) is 11.5 Å². The molecular formula is C22H13BrO2. The molecule has 5 aromatic rings. The fourth-order valence-corrected chi connectivity index (χ4v) is 3.97. The molecule has 3 heteroatoms. The lowest BCUT2D eigenvalue weighted by atomic mass is 9.96. The Hall–Kier alpha value is -2.78. The summed E-state index contributed by atoms with van der Waals surface area (Å²) in [5.41, 5.74) is 0. The number of hydrogen-bond donors (Lipinski definition) is 2. The standard InChI is InChI=1S/C22H13BrO2/c23-16-6-5-13-8-15-9-14-7-12-3-1-2-4-17(12)21(24)19(14)11-20(15)22(25)18(13)10-16/h1-11,24-25H. The van der Waals surface area contributed by atoms with Gasteiger partial charge < -0.3 is 10.2 Å². The van der Waals surface area contributed by atoms with E-state index < -0.39 is 0 Å². The molecule has 5 aromatic carbocycles. The third-order valence-corrected chi connectivity index (χ3v) is 5.33. The van der Waals surface area contributed by atoms with Gasteiger partial charge in [0, 0.05) is 26.0 Å². The van der Waals surface area contributed by atoms with Gasteiger partial charge in [0.25, 0.3) is 0 Å². The number of phenolic OH excluding ortho intramolecular Hbond substituents is 2. The maximum atomic E-state index is 10.8. The van der Waals surface area contributed by atoms with Crippen LogP contribution in [-0.4, -0.2) is 10.2 Å². The summed E-state index contributed by atoms with van der Waals surface area (Å²) >= 11 is 3.46. The van der Waals surface area contributed by atoms with Crippen LogP contribution in [0.1, 0.15) is 0 Å². The van der Waals surface area contributed by atoms with Gasteiger partial charge in [-0.1, -0.05) is 46.3 Å². The first-order valence-electron chi connectivity index (χ1n) is 8.01. The summed E-state index contributed by atoms with van der Waals surface area (Å²) in [6, 6.07) is 21.7. The zero-order valence-electron chi connectivity index (χ0n) is 13.1. The molecule has 0 bridgehead atoms. The van der Waals surface area contributed by atoms with Crippen molar-refractivity contribution in [3.63, 3.8) is 0 Å². The molecule has 0 atom stereocenters. The van der Waals surface area contributed by atoms with Crippen LogP contribution in [0.5, 0.6) is 11.5 Å². The van der Waals surface area contributed by atoms with E-state index in [9.17, 15) is 10.2 Å². The molecule has 0 fully saturated rings. The van der Waals surface area contributed by atoms with E-state index in [1.165, 1.54) is 0 Å². The fraction of sp³-hybridized carbons (Fsp3) is 0. The highest BCUT2D eigenvalue weighted by Gasteiger charge is 2.12. The van der Waals surface area contributed by atoms with Crippen LogP contribution in [-0.2, 0) is 0 Å². The highest BCUT2D eigenvalue weighted by molar-refractivity contribution is 9.10. The molecule has 0 amide bonds. The SMILES string of the molecule is Oc1c2ccccc2cc2cc3cc4ccc(Br)cc4c(O)c3cc12. The molecule has 0 heterocycles. The summed E-state index contributed by atoms with van der Waals surface area (Å²) in [7, 11) is 0. The van der Waals surface area contributed by atoms with Crippen molar-refractivity contribution in [2.45, 2.75) is 0 Å². The van der Waals surface area contributed by atoms with E-state index >= 15 is 0 Å². The number of hydrogen-bond acceptors (Lipinski definition) is 2. The van der Waals surface area contributed by atoms with Crippen molar-refractivity contribution >= 4 is 59.0 Å². The molecule has 2 nitrogen and oxygen atoms in total. The van der Waals surface area contributed by atoms with Gasteiger partial charge in [0.2, 0.25) is 0 Å². The van der Waals surface area contributed by atoms with Crippen molar-refractivity contribution < 1.29 is 10.2 Å². The first-order chi connectivity index (χ1) is 12.1. The first-order valence-corrected chi connectivity index (χ1v) is 8.80. The number of rotatable bonds is 0. The average Bonchev–Trinajstić information content (AvgIpc) is 2.62. The van der Waals surface area contributed by atoms with E-state index in [1.54, 1.807) is 0 Å². The van der Waals surface area contributed by atoms with Crippen LogP contribution < -0.4 is 0 Å². The number of phenols is 2. The maximum Gasteiger partial charge on any atom is 0.131 e. The summed E-state index contributed by atoms with van der Waals surface area (Å²) in [6.45, 7) is 0. The minimum absolute atomic E-state index is 0.239. The van der Waals surface area contributed by atoms with Crippen LogP contribution in [0.3, 0.4) is 0 Å². The molecule has 0 aromatic heterocycles. The van der Waals surface area contributed by atoms with E-state index in [4.69, 9.17) is 0 Å². The van der Waals surface area contributed by atoms with Crippen LogP contribution in [0.25, 0.3) is 43.1 Å². The van der Waals surface area contributed by atoms with E-state index in [1.807, 2.05) is 54.6 Å². The van der Waals surface area contributed by atoms with Gasteiger partial charge in [0.15, 0.2) is 0 Å². The number of fused-ring (bicyclic) bond motifs is 4. The topological polar surface area (TPSA) is 40.5 Å². The van der Waals surface area contributed by atoms with Crippen LogP contribution >= 0.6 is 15.9 Å². The predicted octanol–water partition coefficient (Wildman–Crippen LogP) is 6.47. The number of aromatic hydroxyl groups is 2. The van der Waals surface area contributed by atoms with Gasteiger partial charge >= 0.3 is 0 Å². The zero-order chi connectivity index (χ0) is 17.1. The van der Waals surface area contributed by atoms with Gasteiger partial charge in [-0.15, -0.1) is 0 Å². The Morgan fingerprint density at radius 3 is 1.84 bits per heavy atom. The average molecular weight is 389 g/mol. The second kappa shape index (κ2) is 5.11. The third kappa shape index (κ3) is 2.09. The van der Waals surface area contributed by atoms with Crippen molar-refractivity contribution in [2.75, 3.05) is 0 Å². The molecule has 0 aliphatic carbocycles. The second-order valence-corrected chi connectivity index (χ2v) is 7.25. The van der Waals surface area contributed by atoms with Crippen LogP contribution in [0.15, 0.2) is 71.2 Å². The van der Waals surface area contributed by atoms with Crippen LogP contribution in [0, 0.1) is 0 Å². The molecule has 0 radical (unpaired) electrons. The minimum atomic E-state index is 0.239. The van der Waals surface area contributed by atoms with Crippen molar-refractivity contribution in [1.29, 1.82) is 0 Å². The fourth-order valence-electron chi connectivity index (χ4n) is 3.61. The van der Waals surface area contributed by atoms with Gasteiger partial charge in [-0.05, 0) is 57.9 Å². The lowest BCUT2D eigenvalue weighted by Gasteiger charge is -2.11. The van der Waals surface area contributed by atoms with Gasteiger partial charge in [-0.25, -0.2) is 0 Å². The second-order valence-electron chi connectivity index (χ2n) is 6.33. The smallest absolute Gasteiger partial charge is 0.131 e. The van der Waals surface area contributed by atoms with Gasteiger partial charge in [-0.3, -0.25) is 0 Å². The molecule has 0 unspecified atom stereocenters. The highest BCUT2D eigenvalue weighted by Crippen LogP contribution is 2.41. The van der Waals surface area contributed by atoms with Crippen LogP contribution in [0.2, 0.25) is 0 Å². The largest absolute Gasteiger partial charge is 0.507 e. The monoisotopic (exact) mass is 388 g/mol. The summed E-state index contributed by atoms with van der Waals surface area (Å²) in [6.07, 6.45) is 0. The Morgan fingerprint density at radius 2 is 1.08 bits per heavy atom. The number of benzene rings is 5. The predicted molar refractivity (Wildman–Crippen MR) is 107 cm³/mol. The normalized spacial score (nSPS) is 11.7. The Bertz CT molecular complexity index is 1320. The van der Waals surface area contributed by atoms with Crippen molar-refractivity contribution in [3.05, 3.63) is 71.2 Å². The Labute approximate surface area is 152 Å². The van der Waals surface area contributed by atoms with E-state index in [0.29, 0.717) is 0 Å². The third-order valence-electron chi connectivity index (χ3n) is 4.84. The summed E-state index contributed by atoms with van der Waals surface area (Å²) < 4.78 is 0.921. The zero-order valence-corrected chi connectivity index (χ0v) is 14.7. The van der Waals surface area contributed by atoms with E-state index in [0.717, 1.165) is 47.6 Å². The van der Waals surface area contributed by atoms with E-state index in [2.05, 4.69) is 28.1 Å². The summed E-state index contributed by atoms with van der Waals surface area (Å²) in [4.78, 5) is 0. The Kier molecular flexibility index (Phi) is 2.97. The molecule has 0 saturated heterocycles. The Morgan fingerprint density at radius 1 is 0.520 bits per heavy atom. The Balaban J connectivity index is 1.99. The van der Waals surface area contributed by atoms with Gasteiger partial charge in [-0.2, -0.15) is 0 Å². The minimum Gasteiger partial charge on any atom is -0.507 e. The molecule has 0 spiro atoms. The summed E-state index contributed by atoms with van der Waals surface area (Å²) in [5, 5.41) is 28.5. The molecule has 25 heavy (non-hydrogen) atoms. The van der Waals surface area contributed by atoms with Gasteiger partial charge in [0.05, 0.1) is 0 Å². The maximum absolute atomic E-state index is 10.8. The van der Waals surface area contributed by atoms with Crippen molar-refractivity contribution in [2.24, 2.45) is 0 Å². The quantitative estimate of drug-likeness (QED) is 0.298. The number of halogens is 1. The molecule has 2 N–H and O–H groups in total. The molecule has 0 saturated carbocycles. The lowest BCUT2D eigenvalue weighted by molar-refractivity contribution is 0.487. The molecule has 5 rings (SSSR count). The van der Waals surface area contributed by atoms with Crippen molar-refractivity contribution in [1.82, 2.24) is 0 Å². The molecule has 120 valence electrons. The lowest BCUT2D eigenvalue weighted by Crippen LogP contribution is -1.83. The van der Waals surface area contributed by atoms with Gasteiger partial charge in [0.1, 0.15) is 11.5 Å². The molecule has 0 aliphatic heterocycles. The molecule has 0 aliphatic rings. The van der Waals surface area contributed by atoms with Crippen LogP contribution in [0.4, 0.5) is 0 Å². The summed E-state index contributed by atoms with van der Waals surface area (Å²) in [5.74, 6) is 0.493. The first kappa shape index (κ1) is 14.6. The molecular weight excluding hydrogens is 376 g/mol.